The molecule has 0 radical (unpaired) electrons. The first-order valence-electron chi connectivity index (χ1n) is 8.46. The van der Waals surface area contributed by atoms with Crippen LogP contribution in [0.1, 0.15) is 17.0 Å². The van der Waals surface area contributed by atoms with Crippen molar-refractivity contribution in [2.45, 2.75) is 18.0 Å². The lowest BCUT2D eigenvalue weighted by Crippen LogP contribution is -2.46. The molecule has 0 spiro atoms. The van der Waals surface area contributed by atoms with E-state index in [9.17, 15) is 15.3 Å². The quantitative estimate of drug-likeness (QED) is 0.808. The SMILES string of the molecule is N#CC1(C#N)[C@@H](c2cccc(Br)c2)[C@H](C(N)=O)N2c3ccccc3C=C[C@@H]21. The highest BCUT2D eigenvalue weighted by Gasteiger charge is 2.63. The van der Waals surface area contributed by atoms with Crippen LogP contribution in [0.25, 0.3) is 6.08 Å². The number of nitrogens with two attached hydrogens (primary N) is 1. The van der Waals surface area contributed by atoms with E-state index in [1.807, 2.05) is 65.6 Å². The van der Waals surface area contributed by atoms with E-state index in [0.29, 0.717) is 0 Å². The second-order valence-electron chi connectivity index (χ2n) is 6.74. The molecule has 132 valence electrons. The van der Waals surface area contributed by atoms with E-state index in [1.165, 1.54) is 0 Å². The van der Waals surface area contributed by atoms with Gasteiger partial charge >= 0.3 is 0 Å². The minimum atomic E-state index is -1.44. The van der Waals surface area contributed by atoms with Crippen molar-refractivity contribution in [3.05, 3.63) is 70.2 Å². The van der Waals surface area contributed by atoms with Gasteiger partial charge in [-0.15, -0.1) is 0 Å². The lowest BCUT2D eigenvalue weighted by atomic mass is 9.70. The zero-order chi connectivity index (χ0) is 19.2. The molecular weight excluding hydrogens is 404 g/mol. The number of nitriles is 2. The molecule has 2 aliphatic rings. The van der Waals surface area contributed by atoms with Gasteiger partial charge in [-0.05, 0) is 29.3 Å². The van der Waals surface area contributed by atoms with Crippen molar-refractivity contribution >= 4 is 33.6 Å². The molecule has 27 heavy (non-hydrogen) atoms. The topological polar surface area (TPSA) is 93.9 Å². The number of carbonyl (C=O) groups excluding carboxylic acids is 1. The van der Waals surface area contributed by atoms with Crippen molar-refractivity contribution in [2.75, 3.05) is 4.90 Å². The summed E-state index contributed by atoms with van der Waals surface area (Å²) in [6, 6.07) is 18.1. The van der Waals surface area contributed by atoms with Gasteiger partial charge in [-0.25, -0.2) is 0 Å². The molecule has 2 N–H and O–H groups in total. The number of nitrogens with zero attached hydrogens (tertiary/aromatic N) is 3. The first-order chi connectivity index (χ1) is 13.0. The van der Waals surface area contributed by atoms with E-state index in [2.05, 4.69) is 28.1 Å². The van der Waals surface area contributed by atoms with Crippen molar-refractivity contribution < 1.29 is 4.79 Å². The van der Waals surface area contributed by atoms with Gasteiger partial charge in [0.1, 0.15) is 6.04 Å². The Labute approximate surface area is 165 Å². The van der Waals surface area contributed by atoms with Crippen LogP contribution in [0.2, 0.25) is 0 Å². The molecule has 1 amide bonds. The molecule has 1 fully saturated rings. The van der Waals surface area contributed by atoms with Crippen molar-refractivity contribution in [1.29, 1.82) is 10.5 Å². The third-order valence-corrected chi connectivity index (χ3v) is 5.91. The van der Waals surface area contributed by atoms with Gasteiger partial charge in [-0.2, -0.15) is 10.5 Å². The number of amides is 1. The summed E-state index contributed by atoms with van der Waals surface area (Å²) in [6.07, 6.45) is 3.74. The fourth-order valence-electron chi connectivity index (χ4n) is 4.33. The Morgan fingerprint density at radius 2 is 1.89 bits per heavy atom. The molecule has 0 aliphatic carbocycles. The Balaban J connectivity index is 2.01. The van der Waals surface area contributed by atoms with Crippen molar-refractivity contribution in [2.24, 2.45) is 11.1 Å². The third kappa shape index (κ3) is 2.38. The third-order valence-electron chi connectivity index (χ3n) is 5.41. The summed E-state index contributed by atoms with van der Waals surface area (Å²) in [5.41, 5.74) is 6.85. The predicted octanol–water partition coefficient (Wildman–Crippen LogP) is 3.34. The summed E-state index contributed by atoms with van der Waals surface area (Å²) in [5, 5.41) is 20.2. The van der Waals surface area contributed by atoms with Gasteiger partial charge in [0.05, 0.1) is 18.2 Å². The average Bonchev–Trinajstić information content (AvgIpc) is 2.99. The van der Waals surface area contributed by atoms with E-state index < -0.39 is 29.3 Å². The van der Waals surface area contributed by atoms with Crippen molar-refractivity contribution in [3.63, 3.8) is 0 Å². The van der Waals surface area contributed by atoms with Crippen LogP contribution in [-0.2, 0) is 4.79 Å². The number of rotatable bonds is 2. The van der Waals surface area contributed by atoms with E-state index >= 15 is 0 Å². The molecule has 2 aliphatic heterocycles. The summed E-state index contributed by atoms with van der Waals surface area (Å²) in [4.78, 5) is 14.4. The van der Waals surface area contributed by atoms with Crippen LogP contribution in [-0.4, -0.2) is 18.0 Å². The monoisotopic (exact) mass is 418 g/mol. The first kappa shape index (κ1) is 17.3. The number of hydrogen-bond acceptors (Lipinski definition) is 4. The summed E-state index contributed by atoms with van der Waals surface area (Å²) in [5.74, 6) is -1.23. The molecule has 4 rings (SSSR count). The molecule has 6 heteroatoms. The van der Waals surface area contributed by atoms with E-state index in [0.717, 1.165) is 21.3 Å². The maximum Gasteiger partial charge on any atom is 0.240 e. The maximum absolute atomic E-state index is 12.6. The predicted molar refractivity (Wildman–Crippen MR) is 105 cm³/mol. The lowest BCUT2D eigenvalue weighted by molar-refractivity contribution is -0.119. The Kier molecular flexibility index (Phi) is 4.02. The summed E-state index contributed by atoms with van der Waals surface area (Å²) in [6.45, 7) is 0. The van der Waals surface area contributed by atoms with Crippen LogP contribution in [0.15, 0.2) is 59.1 Å². The fraction of sp³-hybridized carbons (Fsp3) is 0.190. The highest BCUT2D eigenvalue weighted by Crippen LogP contribution is 2.54. The average molecular weight is 419 g/mol. The van der Waals surface area contributed by atoms with Crippen molar-refractivity contribution in [1.82, 2.24) is 0 Å². The van der Waals surface area contributed by atoms with Crippen LogP contribution in [0, 0.1) is 28.1 Å². The lowest BCUT2D eigenvalue weighted by Gasteiger charge is -2.34. The van der Waals surface area contributed by atoms with Gasteiger partial charge in [0.25, 0.3) is 0 Å². The van der Waals surface area contributed by atoms with Crippen LogP contribution < -0.4 is 10.6 Å². The van der Waals surface area contributed by atoms with E-state index in [-0.39, 0.29) is 0 Å². The maximum atomic E-state index is 12.6. The largest absolute Gasteiger partial charge is 0.368 e. The molecule has 0 aromatic heterocycles. The molecule has 2 heterocycles. The molecule has 1 saturated heterocycles. The Hall–Kier alpha value is -3.09. The number of primary amides is 1. The summed E-state index contributed by atoms with van der Waals surface area (Å²) < 4.78 is 0.814. The normalized spacial score (nSPS) is 24.4. The van der Waals surface area contributed by atoms with Gasteiger partial charge in [0.15, 0.2) is 5.41 Å². The Morgan fingerprint density at radius 3 is 2.56 bits per heavy atom. The van der Waals surface area contributed by atoms with Gasteiger partial charge in [-0.3, -0.25) is 4.79 Å². The number of anilines is 1. The number of benzene rings is 2. The zero-order valence-corrected chi connectivity index (χ0v) is 15.8. The molecule has 3 atom stereocenters. The smallest absolute Gasteiger partial charge is 0.240 e. The minimum absolute atomic E-state index is 0.553. The van der Waals surface area contributed by atoms with Gasteiger partial charge in [0.2, 0.25) is 5.91 Å². The van der Waals surface area contributed by atoms with Crippen molar-refractivity contribution in [3.8, 4) is 12.1 Å². The first-order valence-corrected chi connectivity index (χ1v) is 9.25. The number of carbonyl (C=O) groups is 1. The number of para-hydroxylation sites is 1. The highest BCUT2D eigenvalue weighted by atomic mass is 79.9. The van der Waals surface area contributed by atoms with E-state index in [4.69, 9.17) is 5.73 Å². The molecule has 0 saturated carbocycles. The van der Waals surface area contributed by atoms with Crippen LogP contribution in [0.5, 0.6) is 0 Å². The highest BCUT2D eigenvalue weighted by molar-refractivity contribution is 9.10. The number of halogens is 1. The molecule has 0 unspecified atom stereocenters. The Morgan fingerprint density at radius 1 is 1.15 bits per heavy atom. The minimum Gasteiger partial charge on any atom is -0.368 e. The van der Waals surface area contributed by atoms with Crippen LogP contribution in [0.3, 0.4) is 0 Å². The molecule has 0 bridgehead atoms. The molecule has 2 aromatic rings. The van der Waals surface area contributed by atoms with Crippen LogP contribution in [0.4, 0.5) is 5.69 Å². The molecule has 2 aromatic carbocycles. The standard InChI is InChI=1S/C21H15BrN4O/c22-15-6-3-5-14(10-15)18-19(20(25)27)26-16-7-2-1-4-13(16)8-9-17(26)21(18,11-23)12-24/h1-10,17-19H,(H2,25,27)/t17-,18+,19-/m1/s1. The van der Waals surface area contributed by atoms with E-state index in [1.54, 1.807) is 0 Å². The second kappa shape index (κ2) is 6.26. The van der Waals surface area contributed by atoms with Crippen LogP contribution >= 0.6 is 15.9 Å². The molecule has 5 nitrogen and oxygen atoms in total. The summed E-state index contributed by atoms with van der Waals surface area (Å²) in [7, 11) is 0. The summed E-state index contributed by atoms with van der Waals surface area (Å²) >= 11 is 3.44. The second-order valence-corrected chi connectivity index (χ2v) is 7.66. The fourth-order valence-corrected chi connectivity index (χ4v) is 4.75. The van der Waals surface area contributed by atoms with Gasteiger partial charge in [-0.1, -0.05) is 58.4 Å². The Bertz CT molecular complexity index is 1030. The number of hydrogen-bond donors (Lipinski definition) is 1. The van der Waals surface area contributed by atoms with Gasteiger partial charge in [0, 0.05) is 16.1 Å². The zero-order valence-electron chi connectivity index (χ0n) is 14.2. The van der Waals surface area contributed by atoms with Gasteiger partial charge < -0.3 is 10.6 Å². The molecular formula is C21H15BrN4O. The number of fused-ring (bicyclic) bond motifs is 3.